The van der Waals surface area contributed by atoms with E-state index in [0.717, 1.165) is 12.0 Å². The van der Waals surface area contributed by atoms with Crippen LogP contribution in [0, 0.1) is 0 Å². The van der Waals surface area contributed by atoms with Crippen molar-refractivity contribution >= 4 is 39.3 Å². The van der Waals surface area contributed by atoms with Crippen molar-refractivity contribution in [2.45, 2.75) is 39.2 Å². The zero-order valence-corrected chi connectivity index (χ0v) is 19.7. The van der Waals surface area contributed by atoms with Crippen molar-refractivity contribution in [2.24, 2.45) is 0 Å². The Morgan fingerprint density at radius 3 is 2.53 bits per heavy atom. The smallest absolute Gasteiger partial charge is 0.261 e. The second kappa shape index (κ2) is 12.6. The topological polar surface area (TPSA) is 58.6 Å². The maximum atomic E-state index is 13.1. The first-order chi connectivity index (χ1) is 14.5. The average molecular weight is 496 g/mol. The Balaban J connectivity index is 2.12. The van der Waals surface area contributed by atoms with E-state index in [1.807, 2.05) is 44.2 Å². The SMILES string of the molecule is CCCNC(=O)[C@H](CC)N(CCc1ccccc1)C(=O)COc1ccc(Cl)cc1Br. The third-order valence-electron chi connectivity index (χ3n) is 4.66. The number of hydrogen-bond donors (Lipinski definition) is 1. The maximum absolute atomic E-state index is 13.1. The van der Waals surface area contributed by atoms with Gasteiger partial charge in [-0.15, -0.1) is 0 Å². The molecule has 2 aromatic rings. The summed E-state index contributed by atoms with van der Waals surface area (Å²) in [6, 6.07) is 14.5. The van der Waals surface area contributed by atoms with Gasteiger partial charge in [0, 0.05) is 18.1 Å². The fourth-order valence-corrected chi connectivity index (χ4v) is 3.87. The van der Waals surface area contributed by atoms with Crippen molar-refractivity contribution in [1.82, 2.24) is 10.2 Å². The Labute approximate surface area is 191 Å². The van der Waals surface area contributed by atoms with Crippen molar-refractivity contribution in [1.29, 1.82) is 0 Å². The molecule has 0 aromatic heterocycles. The predicted molar refractivity (Wildman–Crippen MR) is 124 cm³/mol. The minimum absolute atomic E-state index is 0.131. The van der Waals surface area contributed by atoms with Crippen LogP contribution in [0.3, 0.4) is 0 Å². The fourth-order valence-electron chi connectivity index (χ4n) is 3.08. The quantitative estimate of drug-likeness (QED) is 0.484. The number of carbonyl (C=O) groups excluding carboxylic acids is 2. The number of carbonyl (C=O) groups is 2. The Kier molecular flexibility index (Phi) is 10.2. The highest BCUT2D eigenvalue weighted by Gasteiger charge is 2.28. The van der Waals surface area contributed by atoms with Gasteiger partial charge >= 0.3 is 0 Å². The van der Waals surface area contributed by atoms with Gasteiger partial charge in [-0.1, -0.05) is 55.8 Å². The number of nitrogens with one attached hydrogen (secondary N) is 1. The second-order valence-electron chi connectivity index (χ2n) is 6.90. The first-order valence-electron chi connectivity index (χ1n) is 10.1. The molecule has 7 heteroatoms. The summed E-state index contributed by atoms with van der Waals surface area (Å²) in [5.74, 6) is 0.166. The molecule has 2 aromatic carbocycles. The summed E-state index contributed by atoms with van der Waals surface area (Å²) in [5.41, 5.74) is 1.11. The van der Waals surface area contributed by atoms with Crippen LogP contribution >= 0.6 is 27.5 Å². The molecule has 0 saturated carbocycles. The van der Waals surface area contributed by atoms with Crippen molar-refractivity contribution in [2.75, 3.05) is 19.7 Å². The molecule has 30 heavy (non-hydrogen) atoms. The average Bonchev–Trinajstić information content (AvgIpc) is 2.74. The van der Waals surface area contributed by atoms with E-state index in [9.17, 15) is 9.59 Å². The molecule has 0 heterocycles. The third-order valence-corrected chi connectivity index (χ3v) is 5.52. The largest absolute Gasteiger partial charge is 0.483 e. The van der Waals surface area contributed by atoms with Gasteiger partial charge in [0.1, 0.15) is 11.8 Å². The van der Waals surface area contributed by atoms with Crippen LogP contribution in [0.2, 0.25) is 5.02 Å². The third kappa shape index (κ3) is 7.33. The summed E-state index contributed by atoms with van der Waals surface area (Å²) in [4.78, 5) is 27.4. The van der Waals surface area contributed by atoms with E-state index in [2.05, 4.69) is 21.2 Å². The highest BCUT2D eigenvalue weighted by molar-refractivity contribution is 9.10. The number of nitrogens with zero attached hydrogens (tertiary/aromatic N) is 1. The van der Waals surface area contributed by atoms with Crippen LogP contribution < -0.4 is 10.1 Å². The zero-order valence-electron chi connectivity index (χ0n) is 17.4. The molecule has 0 aliphatic rings. The summed E-state index contributed by atoms with van der Waals surface area (Å²) in [5, 5.41) is 3.48. The Morgan fingerprint density at radius 2 is 1.90 bits per heavy atom. The molecule has 0 radical (unpaired) electrons. The number of ether oxygens (including phenoxy) is 1. The van der Waals surface area contributed by atoms with Gasteiger partial charge < -0.3 is 15.0 Å². The molecule has 2 amide bonds. The molecule has 1 atom stereocenters. The van der Waals surface area contributed by atoms with Gasteiger partial charge in [0.05, 0.1) is 4.47 Å². The highest BCUT2D eigenvalue weighted by atomic mass is 79.9. The van der Waals surface area contributed by atoms with Crippen LogP contribution in [0.25, 0.3) is 0 Å². The van der Waals surface area contributed by atoms with Gasteiger partial charge in [-0.25, -0.2) is 0 Å². The van der Waals surface area contributed by atoms with E-state index in [-0.39, 0.29) is 18.4 Å². The first kappa shape index (κ1) is 24.2. The van der Waals surface area contributed by atoms with E-state index in [1.54, 1.807) is 23.1 Å². The minimum atomic E-state index is -0.537. The Morgan fingerprint density at radius 1 is 1.17 bits per heavy atom. The predicted octanol–water partition coefficient (Wildman–Crippen LogP) is 4.86. The van der Waals surface area contributed by atoms with Crippen molar-refractivity contribution in [3.63, 3.8) is 0 Å². The molecule has 0 unspecified atom stereocenters. The molecular weight excluding hydrogens is 468 g/mol. The molecule has 0 fully saturated rings. The number of benzene rings is 2. The minimum Gasteiger partial charge on any atom is -0.483 e. The van der Waals surface area contributed by atoms with E-state index in [1.165, 1.54) is 0 Å². The molecule has 5 nitrogen and oxygen atoms in total. The van der Waals surface area contributed by atoms with Crippen LogP contribution in [-0.2, 0) is 16.0 Å². The number of hydrogen-bond acceptors (Lipinski definition) is 3. The summed E-state index contributed by atoms with van der Waals surface area (Å²) < 4.78 is 6.39. The van der Waals surface area contributed by atoms with E-state index >= 15 is 0 Å². The van der Waals surface area contributed by atoms with Crippen molar-refractivity contribution in [3.05, 3.63) is 63.6 Å². The lowest BCUT2D eigenvalue weighted by Gasteiger charge is -2.30. The van der Waals surface area contributed by atoms with E-state index < -0.39 is 6.04 Å². The zero-order chi connectivity index (χ0) is 21.9. The van der Waals surface area contributed by atoms with E-state index in [4.69, 9.17) is 16.3 Å². The van der Waals surface area contributed by atoms with Crippen LogP contribution in [0.15, 0.2) is 53.0 Å². The summed E-state index contributed by atoms with van der Waals surface area (Å²) in [6.45, 7) is 4.77. The van der Waals surface area contributed by atoms with Crippen LogP contribution in [0.5, 0.6) is 5.75 Å². The van der Waals surface area contributed by atoms with Gasteiger partial charge in [0.25, 0.3) is 5.91 Å². The van der Waals surface area contributed by atoms with Crippen molar-refractivity contribution < 1.29 is 14.3 Å². The lowest BCUT2D eigenvalue weighted by Crippen LogP contribution is -2.51. The maximum Gasteiger partial charge on any atom is 0.261 e. The molecular formula is C23H28BrClN2O3. The fraction of sp³-hybridized carbons (Fsp3) is 0.391. The van der Waals surface area contributed by atoms with Gasteiger partial charge in [0.15, 0.2) is 6.61 Å². The normalized spacial score (nSPS) is 11.6. The molecule has 1 N–H and O–H groups in total. The second-order valence-corrected chi connectivity index (χ2v) is 8.19. The number of amides is 2. The van der Waals surface area contributed by atoms with Crippen LogP contribution in [-0.4, -0.2) is 42.5 Å². The van der Waals surface area contributed by atoms with E-state index in [0.29, 0.717) is 41.2 Å². The molecule has 0 aliphatic heterocycles. The molecule has 0 aliphatic carbocycles. The van der Waals surface area contributed by atoms with Gasteiger partial charge in [-0.05, 0) is 59.0 Å². The standard InChI is InChI=1S/C23H28BrClN2O3/c1-3-13-26-23(29)20(4-2)27(14-12-17-8-6-5-7-9-17)22(28)16-30-21-11-10-18(25)15-19(21)24/h5-11,15,20H,3-4,12-14,16H2,1-2H3,(H,26,29)/t20-/m0/s1. The summed E-state index contributed by atoms with van der Waals surface area (Å²) in [7, 11) is 0. The van der Waals surface area contributed by atoms with Gasteiger partial charge in [-0.3, -0.25) is 9.59 Å². The molecule has 2 rings (SSSR count). The first-order valence-corrected chi connectivity index (χ1v) is 11.3. The van der Waals surface area contributed by atoms with Crippen LogP contribution in [0.4, 0.5) is 0 Å². The highest BCUT2D eigenvalue weighted by Crippen LogP contribution is 2.28. The van der Waals surface area contributed by atoms with Crippen LogP contribution in [0.1, 0.15) is 32.3 Å². The molecule has 162 valence electrons. The lowest BCUT2D eigenvalue weighted by atomic mass is 10.1. The summed E-state index contributed by atoms with van der Waals surface area (Å²) in [6.07, 6.45) is 2.03. The number of halogens is 2. The monoisotopic (exact) mass is 494 g/mol. The summed E-state index contributed by atoms with van der Waals surface area (Å²) >= 11 is 9.35. The molecule has 0 spiro atoms. The lowest BCUT2D eigenvalue weighted by molar-refractivity contribution is -0.142. The Hall–Kier alpha value is -2.05. The van der Waals surface area contributed by atoms with Gasteiger partial charge in [0.2, 0.25) is 5.91 Å². The molecule has 0 saturated heterocycles. The van der Waals surface area contributed by atoms with Gasteiger partial charge in [-0.2, -0.15) is 0 Å². The number of rotatable bonds is 11. The van der Waals surface area contributed by atoms with Crippen molar-refractivity contribution in [3.8, 4) is 5.75 Å². The molecule has 0 bridgehead atoms. The Bertz CT molecular complexity index is 832.